The number of thiazole rings is 1. The Bertz CT molecular complexity index is 360. The van der Waals surface area contributed by atoms with Crippen LogP contribution in [0.1, 0.15) is 43.7 Å². The quantitative estimate of drug-likeness (QED) is 0.889. The summed E-state index contributed by atoms with van der Waals surface area (Å²) < 4.78 is 0. The van der Waals surface area contributed by atoms with Crippen molar-refractivity contribution in [2.24, 2.45) is 0 Å². The van der Waals surface area contributed by atoms with Crippen molar-refractivity contribution in [2.75, 3.05) is 19.6 Å². The summed E-state index contributed by atoms with van der Waals surface area (Å²) >= 11 is 1.65. The van der Waals surface area contributed by atoms with Crippen LogP contribution in [0.4, 0.5) is 0 Å². The van der Waals surface area contributed by atoms with Crippen LogP contribution in [0.15, 0.2) is 11.6 Å². The molecule has 2 rings (SSSR count). The summed E-state index contributed by atoms with van der Waals surface area (Å²) in [7, 11) is 0. The number of nitrogens with one attached hydrogen (secondary N) is 1. The summed E-state index contributed by atoms with van der Waals surface area (Å²) in [5.74, 6) is 0.286. The van der Waals surface area contributed by atoms with Crippen LogP contribution in [0.25, 0.3) is 0 Å². The fourth-order valence-electron chi connectivity index (χ4n) is 2.23. The van der Waals surface area contributed by atoms with Crippen LogP contribution < -0.4 is 5.32 Å². The van der Waals surface area contributed by atoms with Crippen LogP contribution in [0.5, 0.6) is 0 Å². The molecule has 1 fully saturated rings. The molecule has 5 heteroatoms. The van der Waals surface area contributed by atoms with E-state index < -0.39 is 0 Å². The molecule has 0 aliphatic carbocycles. The van der Waals surface area contributed by atoms with Crippen molar-refractivity contribution >= 4 is 17.2 Å². The van der Waals surface area contributed by atoms with Crippen LogP contribution in [0.2, 0.25) is 0 Å². The molecule has 1 aliphatic heterocycles. The first-order valence-corrected chi connectivity index (χ1v) is 7.56. The van der Waals surface area contributed by atoms with Crippen molar-refractivity contribution in [1.29, 1.82) is 0 Å². The third kappa shape index (κ3) is 3.78. The normalized spacial score (nSPS) is 17.7. The lowest BCUT2D eigenvalue weighted by atomic mass is 10.1. The molecule has 1 aromatic heterocycles. The number of aromatic nitrogens is 1. The number of amides is 1. The number of piperidine rings is 1. The molecule has 1 saturated heterocycles. The zero-order chi connectivity index (χ0) is 12.8. The van der Waals surface area contributed by atoms with Gasteiger partial charge in [0.05, 0.1) is 6.04 Å². The molecule has 18 heavy (non-hydrogen) atoms. The molecular formula is C13H21N3OS. The van der Waals surface area contributed by atoms with Gasteiger partial charge in [0.2, 0.25) is 5.91 Å². The molecule has 4 nitrogen and oxygen atoms in total. The average Bonchev–Trinajstić information content (AvgIpc) is 2.93. The number of rotatable bonds is 5. The van der Waals surface area contributed by atoms with Crippen molar-refractivity contribution in [3.63, 3.8) is 0 Å². The SMILES string of the molecule is CC(NCCC(=O)N1CCCCC1)c1nccs1. The highest BCUT2D eigenvalue weighted by molar-refractivity contribution is 7.09. The van der Waals surface area contributed by atoms with Gasteiger partial charge >= 0.3 is 0 Å². The van der Waals surface area contributed by atoms with Crippen LogP contribution in [-0.2, 0) is 4.79 Å². The molecule has 0 saturated carbocycles. The Morgan fingerprint density at radius 1 is 1.50 bits per heavy atom. The smallest absolute Gasteiger partial charge is 0.223 e. The second-order valence-electron chi connectivity index (χ2n) is 4.74. The molecular weight excluding hydrogens is 246 g/mol. The standard InChI is InChI=1S/C13H21N3OS/c1-11(13-15-7-10-18-13)14-6-5-12(17)16-8-3-2-4-9-16/h7,10-11,14H,2-6,8-9H2,1H3. The van der Waals surface area contributed by atoms with Gasteiger partial charge in [-0.3, -0.25) is 4.79 Å². The summed E-state index contributed by atoms with van der Waals surface area (Å²) in [6.45, 7) is 4.71. The highest BCUT2D eigenvalue weighted by atomic mass is 32.1. The number of likely N-dealkylation sites (tertiary alicyclic amines) is 1. The Morgan fingerprint density at radius 3 is 2.94 bits per heavy atom. The summed E-state index contributed by atoms with van der Waals surface area (Å²) in [5.41, 5.74) is 0. The van der Waals surface area contributed by atoms with Gasteiger partial charge in [0.25, 0.3) is 0 Å². The van der Waals surface area contributed by atoms with Gasteiger partial charge in [-0.05, 0) is 26.2 Å². The number of hydrogen-bond acceptors (Lipinski definition) is 4. The first-order valence-electron chi connectivity index (χ1n) is 6.68. The first-order chi connectivity index (χ1) is 8.77. The minimum atomic E-state index is 0.235. The zero-order valence-electron chi connectivity index (χ0n) is 10.9. The molecule has 1 aromatic rings. The number of carbonyl (C=O) groups is 1. The van der Waals surface area contributed by atoms with E-state index in [1.165, 1.54) is 6.42 Å². The van der Waals surface area contributed by atoms with Crippen LogP contribution in [0, 0.1) is 0 Å². The fraction of sp³-hybridized carbons (Fsp3) is 0.692. The van der Waals surface area contributed by atoms with Crippen molar-refractivity contribution < 1.29 is 4.79 Å². The predicted molar refractivity (Wildman–Crippen MR) is 73.6 cm³/mol. The van der Waals surface area contributed by atoms with Gasteiger partial charge in [-0.25, -0.2) is 4.98 Å². The van der Waals surface area contributed by atoms with Gasteiger partial charge in [0.1, 0.15) is 5.01 Å². The van der Waals surface area contributed by atoms with Crippen LogP contribution in [-0.4, -0.2) is 35.4 Å². The minimum Gasteiger partial charge on any atom is -0.343 e. The van der Waals surface area contributed by atoms with E-state index in [1.54, 1.807) is 11.3 Å². The first kappa shape index (κ1) is 13.5. The fourth-order valence-corrected chi connectivity index (χ4v) is 2.90. The lowest BCUT2D eigenvalue weighted by molar-refractivity contribution is -0.132. The Kier molecular flexibility index (Phi) is 5.13. The van der Waals surface area contributed by atoms with Gasteiger partial charge in [0.15, 0.2) is 0 Å². The maximum absolute atomic E-state index is 11.9. The van der Waals surface area contributed by atoms with Crippen LogP contribution >= 0.6 is 11.3 Å². The van der Waals surface area contributed by atoms with Crippen LogP contribution in [0.3, 0.4) is 0 Å². The van der Waals surface area contributed by atoms with E-state index in [0.717, 1.165) is 37.5 Å². The molecule has 0 spiro atoms. The molecule has 0 bridgehead atoms. The second kappa shape index (κ2) is 6.85. The van der Waals surface area contributed by atoms with E-state index in [2.05, 4.69) is 17.2 Å². The van der Waals surface area contributed by atoms with Crippen molar-refractivity contribution in [2.45, 2.75) is 38.6 Å². The highest BCUT2D eigenvalue weighted by Gasteiger charge is 2.16. The van der Waals surface area contributed by atoms with Crippen molar-refractivity contribution in [1.82, 2.24) is 15.2 Å². The second-order valence-corrected chi connectivity index (χ2v) is 5.66. The molecule has 1 amide bonds. The van der Waals surface area contributed by atoms with Gasteiger partial charge in [-0.2, -0.15) is 0 Å². The maximum atomic E-state index is 11.9. The summed E-state index contributed by atoms with van der Waals surface area (Å²) in [5, 5.41) is 6.42. The van der Waals surface area contributed by atoms with Gasteiger partial charge in [-0.15, -0.1) is 11.3 Å². The monoisotopic (exact) mass is 267 g/mol. The van der Waals surface area contributed by atoms with E-state index in [4.69, 9.17) is 0 Å². The molecule has 100 valence electrons. The van der Waals surface area contributed by atoms with E-state index >= 15 is 0 Å². The maximum Gasteiger partial charge on any atom is 0.223 e. The topological polar surface area (TPSA) is 45.2 Å². The molecule has 0 aromatic carbocycles. The summed E-state index contributed by atoms with van der Waals surface area (Å²) in [6, 6.07) is 0.235. The molecule has 2 heterocycles. The summed E-state index contributed by atoms with van der Waals surface area (Å²) in [6.07, 6.45) is 6.00. The van der Waals surface area contributed by atoms with E-state index in [0.29, 0.717) is 6.42 Å². The van der Waals surface area contributed by atoms with Gasteiger partial charge < -0.3 is 10.2 Å². The summed E-state index contributed by atoms with van der Waals surface area (Å²) in [4.78, 5) is 18.2. The molecule has 1 unspecified atom stereocenters. The third-order valence-electron chi connectivity index (χ3n) is 3.32. The Balaban J connectivity index is 1.67. The third-order valence-corrected chi connectivity index (χ3v) is 4.28. The Labute approximate surface area is 112 Å². The van der Waals surface area contributed by atoms with Gasteiger partial charge in [0, 0.05) is 37.6 Å². The number of hydrogen-bond donors (Lipinski definition) is 1. The van der Waals surface area contributed by atoms with Crippen molar-refractivity contribution in [3.05, 3.63) is 16.6 Å². The lowest BCUT2D eigenvalue weighted by Crippen LogP contribution is -2.37. The average molecular weight is 267 g/mol. The highest BCUT2D eigenvalue weighted by Crippen LogP contribution is 2.14. The molecule has 1 N–H and O–H groups in total. The van der Waals surface area contributed by atoms with E-state index in [-0.39, 0.29) is 11.9 Å². The minimum absolute atomic E-state index is 0.235. The van der Waals surface area contributed by atoms with Crippen molar-refractivity contribution in [3.8, 4) is 0 Å². The molecule has 0 radical (unpaired) electrons. The van der Waals surface area contributed by atoms with E-state index in [9.17, 15) is 4.79 Å². The Hall–Kier alpha value is -0.940. The number of nitrogens with zero attached hydrogens (tertiary/aromatic N) is 2. The zero-order valence-corrected chi connectivity index (χ0v) is 11.7. The molecule has 1 aliphatic rings. The Morgan fingerprint density at radius 2 is 2.28 bits per heavy atom. The lowest BCUT2D eigenvalue weighted by Gasteiger charge is -2.27. The molecule has 1 atom stereocenters. The van der Waals surface area contributed by atoms with Gasteiger partial charge in [-0.1, -0.05) is 0 Å². The largest absolute Gasteiger partial charge is 0.343 e. The predicted octanol–water partition coefficient (Wildman–Crippen LogP) is 2.20. The van der Waals surface area contributed by atoms with E-state index in [1.807, 2.05) is 16.5 Å². The number of carbonyl (C=O) groups excluding carboxylic acids is 1.